The molecule has 0 saturated heterocycles. The maximum Gasteiger partial charge on any atom is 0.416 e. The van der Waals surface area contributed by atoms with Crippen LogP contribution in [0.3, 0.4) is 0 Å². The summed E-state index contributed by atoms with van der Waals surface area (Å²) in [6.45, 7) is 5.54. The van der Waals surface area contributed by atoms with Crippen molar-refractivity contribution in [1.82, 2.24) is 0 Å². The fraction of sp³-hybridized carbons (Fsp3) is 0.333. The van der Waals surface area contributed by atoms with Crippen LogP contribution in [-0.4, -0.2) is 0 Å². The highest BCUT2D eigenvalue weighted by atomic mass is 19.4. The Morgan fingerprint density at radius 1 is 1.05 bits per heavy atom. The molecule has 2 aromatic rings. The van der Waals surface area contributed by atoms with Gasteiger partial charge in [0.1, 0.15) is 12.4 Å². The van der Waals surface area contributed by atoms with Gasteiger partial charge in [0.15, 0.2) is 0 Å². The number of benzene rings is 2. The molecular weight excluding hydrogens is 289 g/mol. The molecular formula is C18H19F3O. The first-order valence-electron chi connectivity index (χ1n) is 7.17. The van der Waals surface area contributed by atoms with Crippen LogP contribution in [0.2, 0.25) is 0 Å². The molecule has 0 bridgehead atoms. The average Bonchev–Trinajstić information content (AvgIpc) is 2.45. The van der Waals surface area contributed by atoms with Crippen molar-refractivity contribution in [1.29, 1.82) is 0 Å². The summed E-state index contributed by atoms with van der Waals surface area (Å²) in [4.78, 5) is 0. The SMILES string of the molecule is Cc1cc(C(C)C)c(C(F)(F)F)cc1OCc1ccccc1. The largest absolute Gasteiger partial charge is 0.489 e. The van der Waals surface area contributed by atoms with Crippen molar-refractivity contribution in [3.8, 4) is 5.75 Å². The summed E-state index contributed by atoms with van der Waals surface area (Å²) in [7, 11) is 0. The Hall–Kier alpha value is -1.97. The first-order chi connectivity index (χ1) is 10.3. The van der Waals surface area contributed by atoms with Crippen LogP contribution in [0.15, 0.2) is 42.5 Å². The van der Waals surface area contributed by atoms with E-state index >= 15 is 0 Å². The van der Waals surface area contributed by atoms with Crippen LogP contribution in [-0.2, 0) is 12.8 Å². The number of ether oxygens (including phenoxy) is 1. The highest BCUT2D eigenvalue weighted by molar-refractivity contribution is 5.44. The molecule has 2 rings (SSSR count). The lowest BCUT2D eigenvalue weighted by Crippen LogP contribution is -2.11. The Labute approximate surface area is 128 Å². The van der Waals surface area contributed by atoms with Gasteiger partial charge in [0.05, 0.1) is 5.56 Å². The second kappa shape index (κ2) is 6.42. The fourth-order valence-corrected chi connectivity index (χ4v) is 2.32. The van der Waals surface area contributed by atoms with Crippen molar-refractivity contribution in [2.75, 3.05) is 0 Å². The van der Waals surface area contributed by atoms with E-state index in [9.17, 15) is 13.2 Å². The number of rotatable bonds is 4. The topological polar surface area (TPSA) is 9.23 Å². The minimum absolute atomic E-state index is 0.196. The third kappa shape index (κ3) is 3.81. The Bertz CT molecular complexity index is 631. The Balaban J connectivity index is 2.32. The zero-order chi connectivity index (χ0) is 16.3. The molecule has 0 fully saturated rings. The van der Waals surface area contributed by atoms with Gasteiger partial charge in [-0.3, -0.25) is 0 Å². The molecule has 0 saturated carbocycles. The Kier molecular flexibility index (Phi) is 4.79. The lowest BCUT2D eigenvalue weighted by atomic mass is 9.94. The van der Waals surface area contributed by atoms with Gasteiger partial charge in [-0.1, -0.05) is 50.2 Å². The quantitative estimate of drug-likeness (QED) is 0.702. The zero-order valence-corrected chi connectivity index (χ0v) is 12.9. The van der Waals surface area contributed by atoms with Gasteiger partial charge in [0.2, 0.25) is 0 Å². The van der Waals surface area contributed by atoms with Gasteiger partial charge < -0.3 is 4.74 Å². The van der Waals surface area contributed by atoms with Crippen molar-refractivity contribution in [2.45, 2.75) is 39.5 Å². The molecule has 0 radical (unpaired) electrons. The van der Waals surface area contributed by atoms with E-state index in [1.807, 2.05) is 30.3 Å². The summed E-state index contributed by atoms with van der Waals surface area (Å²) in [5.74, 6) is 0.0825. The molecule has 0 aliphatic carbocycles. The van der Waals surface area contributed by atoms with Crippen LogP contribution in [0.1, 0.15) is 42.0 Å². The lowest BCUT2D eigenvalue weighted by molar-refractivity contribution is -0.138. The van der Waals surface area contributed by atoms with Gasteiger partial charge in [-0.2, -0.15) is 13.2 Å². The lowest BCUT2D eigenvalue weighted by Gasteiger charge is -2.19. The molecule has 0 aliphatic rings. The van der Waals surface area contributed by atoms with Crippen LogP contribution in [0, 0.1) is 6.92 Å². The van der Waals surface area contributed by atoms with Crippen molar-refractivity contribution in [3.05, 3.63) is 64.7 Å². The summed E-state index contributed by atoms with van der Waals surface area (Å²) in [6, 6.07) is 12.1. The van der Waals surface area contributed by atoms with Crippen LogP contribution in [0.5, 0.6) is 5.75 Å². The second-order valence-corrected chi connectivity index (χ2v) is 5.63. The normalized spacial score (nSPS) is 11.8. The molecule has 0 heterocycles. The van der Waals surface area contributed by atoms with Crippen molar-refractivity contribution in [2.24, 2.45) is 0 Å². The predicted octanol–water partition coefficient (Wildman–Crippen LogP) is 5.72. The fourth-order valence-electron chi connectivity index (χ4n) is 2.32. The van der Waals surface area contributed by atoms with E-state index in [-0.39, 0.29) is 18.3 Å². The van der Waals surface area contributed by atoms with E-state index in [0.29, 0.717) is 11.1 Å². The zero-order valence-electron chi connectivity index (χ0n) is 12.9. The van der Waals surface area contributed by atoms with E-state index < -0.39 is 11.7 Å². The van der Waals surface area contributed by atoms with Crippen molar-refractivity contribution in [3.63, 3.8) is 0 Å². The number of alkyl halides is 3. The van der Waals surface area contributed by atoms with Crippen molar-refractivity contribution >= 4 is 0 Å². The van der Waals surface area contributed by atoms with E-state index in [1.165, 1.54) is 0 Å². The van der Waals surface area contributed by atoms with E-state index in [0.717, 1.165) is 11.6 Å². The number of aryl methyl sites for hydroxylation is 1. The molecule has 0 unspecified atom stereocenters. The van der Waals surface area contributed by atoms with Crippen molar-refractivity contribution < 1.29 is 17.9 Å². The molecule has 1 nitrogen and oxygen atoms in total. The van der Waals surface area contributed by atoms with Gasteiger partial charge in [-0.05, 0) is 35.6 Å². The smallest absolute Gasteiger partial charge is 0.416 e. The molecule has 2 aromatic carbocycles. The minimum Gasteiger partial charge on any atom is -0.489 e. The van der Waals surface area contributed by atoms with Gasteiger partial charge in [0, 0.05) is 0 Å². The van der Waals surface area contributed by atoms with Gasteiger partial charge in [-0.25, -0.2) is 0 Å². The van der Waals surface area contributed by atoms with Crippen LogP contribution < -0.4 is 4.74 Å². The Morgan fingerprint density at radius 2 is 1.68 bits per heavy atom. The molecule has 0 spiro atoms. The van der Waals surface area contributed by atoms with E-state index in [1.54, 1.807) is 26.8 Å². The predicted molar refractivity (Wildman–Crippen MR) is 81.0 cm³/mol. The highest BCUT2D eigenvalue weighted by Crippen LogP contribution is 2.39. The minimum atomic E-state index is -4.38. The van der Waals surface area contributed by atoms with E-state index in [2.05, 4.69) is 0 Å². The van der Waals surface area contributed by atoms with Gasteiger partial charge in [-0.15, -0.1) is 0 Å². The molecule has 4 heteroatoms. The number of halogens is 3. The maximum absolute atomic E-state index is 13.2. The van der Waals surface area contributed by atoms with Gasteiger partial charge >= 0.3 is 6.18 Å². The Morgan fingerprint density at radius 3 is 2.23 bits per heavy atom. The first kappa shape index (κ1) is 16.4. The van der Waals surface area contributed by atoms with Crippen LogP contribution in [0.4, 0.5) is 13.2 Å². The third-order valence-electron chi connectivity index (χ3n) is 3.51. The summed E-state index contributed by atoms with van der Waals surface area (Å²) < 4.78 is 45.3. The molecule has 22 heavy (non-hydrogen) atoms. The summed E-state index contributed by atoms with van der Waals surface area (Å²) in [5, 5.41) is 0. The second-order valence-electron chi connectivity index (χ2n) is 5.63. The van der Waals surface area contributed by atoms with Crippen LogP contribution >= 0.6 is 0 Å². The molecule has 0 N–H and O–H groups in total. The van der Waals surface area contributed by atoms with E-state index in [4.69, 9.17) is 4.74 Å². The summed E-state index contributed by atoms with van der Waals surface area (Å²) >= 11 is 0. The summed E-state index contributed by atoms with van der Waals surface area (Å²) in [6.07, 6.45) is -4.38. The molecule has 0 atom stereocenters. The first-order valence-corrected chi connectivity index (χ1v) is 7.17. The molecule has 0 amide bonds. The van der Waals surface area contributed by atoms with Gasteiger partial charge in [0.25, 0.3) is 0 Å². The monoisotopic (exact) mass is 308 g/mol. The number of hydrogen-bond donors (Lipinski definition) is 0. The highest BCUT2D eigenvalue weighted by Gasteiger charge is 2.34. The average molecular weight is 308 g/mol. The molecule has 118 valence electrons. The molecule has 0 aliphatic heterocycles. The molecule has 0 aromatic heterocycles. The standard InChI is InChI=1S/C18H19F3O/c1-12(2)15-9-13(3)17(10-16(15)18(19,20)21)22-11-14-7-5-4-6-8-14/h4-10,12H,11H2,1-3H3. The summed E-state index contributed by atoms with van der Waals surface area (Å²) in [5.41, 5.74) is 1.32. The maximum atomic E-state index is 13.2. The van der Waals surface area contributed by atoms with Crippen LogP contribution in [0.25, 0.3) is 0 Å². The third-order valence-corrected chi connectivity index (χ3v) is 3.51. The number of hydrogen-bond acceptors (Lipinski definition) is 1.